The Bertz CT molecular complexity index is 689. The lowest BCUT2D eigenvalue weighted by atomic mass is 10.1. The SMILES string of the molecule is CCCCCc1ccc(OCc2cc(OCCCC)c(OCCCC)nn2)cc1. The molecule has 0 fully saturated rings. The fraction of sp³-hybridized carbons (Fsp3) is 0.583. The van der Waals surface area contributed by atoms with Gasteiger partial charge in [-0.25, -0.2) is 0 Å². The molecule has 1 aromatic heterocycles. The summed E-state index contributed by atoms with van der Waals surface area (Å²) in [7, 11) is 0. The van der Waals surface area contributed by atoms with Crippen LogP contribution < -0.4 is 14.2 Å². The lowest BCUT2D eigenvalue weighted by Gasteiger charge is -2.12. The van der Waals surface area contributed by atoms with Gasteiger partial charge in [0.05, 0.1) is 13.2 Å². The number of aromatic nitrogens is 2. The average molecular weight is 401 g/mol. The zero-order valence-corrected chi connectivity index (χ0v) is 18.3. The molecule has 1 heterocycles. The van der Waals surface area contributed by atoms with E-state index in [1.54, 1.807) is 0 Å². The Labute approximate surface area is 175 Å². The van der Waals surface area contributed by atoms with Crippen LogP contribution in [0, 0.1) is 0 Å². The lowest BCUT2D eigenvalue weighted by molar-refractivity contribution is 0.246. The molecule has 1 aromatic carbocycles. The molecule has 0 aliphatic heterocycles. The van der Waals surface area contributed by atoms with Crippen LogP contribution in [0.2, 0.25) is 0 Å². The molecule has 0 atom stereocenters. The van der Waals surface area contributed by atoms with Crippen molar-refractivity contribution in [2.24, 2.45) is 0 Å². The molecule has 0 unspecified atom stereocenters. The van der Waals surface area contributed by atoms with Crippen molar-refractivity contribution in [1.29, 1.82) is 0 Å². The van der Waals surface area contributed by atoms with Crippen LogP contribution in [0.4, 0.5) is 0 Å². The molecular weight excluding hydrogens is 364 g/mol. The Morgan fingerprint density at radius 3 is 2.10 bits per heavy atom. The van der Waals surface area contributed by atoms with Gasteiger partial charge in [-0.3, -0.25) is 0 Å². The largest absolute Gasteiger partial charge is 0.488 e. The molecule has 0 N–H and O–H groups in total. The van der Waals surface area contributed by atoms with Crippen LogP contribution in [0.25, 0.3) is 0 Å². The monoisotopic (exact) mass is 400 g/mol. The Morgan fingerprint density at radius 1 is 0.724 bits per heavy atom. The maximum absolute atomic E-state index is 5.89. The predicted octanol–water partition coefficient (Wildman–Crippen LogP) is 6.15. The molecule has 0 spiro atoms. The topological polar surface area (TPSA) is 53.5 Å². The molecule has 5 heteroatoms. The Balaban J connectivity index is 1.93. The predicted molar refractivity (Wildman–Crippen MR) is 117 cm³/mol. The summed E-state index contributed by atoms with van der Waals surface area (Å²) < 4.78 is 17.5. The molecule has 5 nitrogen and oxygen atoms in total. The number of nitrogens with zero attached hydrogens (tertiary/aromatic N) is 2. The summed E-state index contributed by atoms with van der Waals surface area (Å²) in [5.74, 6) is 1.95. The van der Waals surface area contributed by atoms with Gasteiger partial charge in [0.1, 0.15) is 18.1 Å². The number of benzene rings is 1. The molecule has 0 aliphatic rings. The Hall–Kier alpha value is -2.30. The molecule has 0 radical (unpaired) electrons. The molecule has 29 heavy (non-hydrogen) atoms. The van der Waals surface area contributed by atoms with E-state index in [1.807, 2.05) is 18.2 Å². The second kappa shape index (κ2) is 13.8. The van der Waals surface area contributed by atoms with Gasteiger partial charge in [0.15, 0.2) is 5.75 Å². The van der Waals surface area contributed by atoms with Crippen LogP contribution in [-0.2, 0) is 13.0 Å². The average Bonchev–Trinajstić information content (AvgIpc) is 2.75. The molecule has 0 saturated heterocycles. The number of rotatable bonds is 15. The van der Waals surface area contributed by atoms with Gasteiger partial charge in [0, 0.05) is 6.07 Å². The first-order chi connectivity index (χ1) is 14.3. The minimum Gasteiger partial charge on any atom is -0.488 e. The minimum atomic E-state index is 0.349. The third-order valence-corrected chi connectivity index (χ3v) is 4.65. The molecule has 0 bridgehead atoms. The first-order valence-corrected chi connectivity index (χ1v) is 11.1. The van der Waals surface area contributed by atoms with Crippen molar-refractivity contribution in [3.05, 3.63) is 41.6 Å². The smallest absolute Gasteiger partial charge is 0.276 e. The molecule has 2 aromatic rings. The van der Waals surface area contributed by atoms with Gasteiger partial charge in [-0.1, -0.05) is 58.6 Å². The third kappa shape index (κ3) is 8.71. The van der Waals surface area contributed by atoms with Gasteiger partial charge in [0.2, 0.25) is 0 Å². The van der Waals surface area contributed by atoms with Gasteiger partial charge in [0.25, 0.3) is 5.88 Å². The highest BCUT2D eigenvalue weighted by molar-refractivity contribution is 5.34. The quantitative estimate of drug-likeness (QED) is 0.336. The van der Waals surface area contributed by atoms with Crippen molar-refractivity contribution in [3.63, 3.8) is 0 Å². The normalized spacial score (nSPS) is 10.7. The fourth-order valence-electron chi connectivity index (χ4n) is 2.80. The first-order valence-electron chi connectivity index (χ1n) is 11.1. The van der Waals surface area contributed by atoms with Crippen LogP contribution in [0.5, 0.6) is 17.4 Å². The van der Waals surface area contributed by atoms with Crippen LogP contribution in [-0.4, -0.2) is 23.4 Å². The summed E-state index contributed by atoms with van der Waals surface area (Å²) in [5.41, 5.74) is 2.08. The number of unbranched alkanes of at least 4 members (excludes halogenated alkanes) is 4. The van der Waals surface area contributed by atoms with Crippen LogP contribution in [0.15, 0.2) is 30.3 Å². The molecular formula is C24H36N2O3. The highest BCUT2D eigenvalue weighted by Gasteiger charge is 2.11. The van der Waals surface area contributed by atoms with Crippen molar-refractivity contribution in [2.75, 3.05) is 13.2 Å². The molecule has 2 rings (SSSR count). The number of ether oxygens (including phenoxy) is 3. The van der Waals surface area contributed by atoms with Gasteiger partial charge in [-0.2, -0.15) is 0 Å². The number of aryl methyl sites for hydroxylation is 1. The van der Waals surface area contributed by atoms with Gasteiger partial charge < -0.3 is 14.2 Å². The summed E-state index contributed by atoms with van der Waals surface area (Å²) >= 11 is 0. The minimum absolute atomic E-state index is 0.349. The summed E-state index contributed by atoms with van der Waals surface area (Å²) in [6, 6.07) is 10.2. The second-order valence-corrected chi connectivity index (χ2v) is 7.30. The second-order valence-electron chi connectivity index (χ2n) is 7.30. The van der Waals surface area contributed by atoms with Crippen LogP contribution >= 0.6 is 0 Å². The molecule has 160 valence electrons. The molecule has 0 aliphatic carbocycles. The van der Waals surface area contributed by atoms with Gasteiger partial charge >= 0.3 is 0 Å². The van der Waals surface area contributed by atoms with E-state index in [9.17, 15) is 0 Å². The molecule has 0 saturated carbocycles. The zero-order valence-electron chi connectivity index (χ0n) is 18.3. The van der Waals surface area contributed by atoms with Crippen LogP contribution in [0.3, 0.4) is 0 Å². The Kier molecular flexibility index (Phi) is 10.9. The summed E-state index contributed by atoms with van der Waals surface area (Å²) in [6.45, 7) is 8.11. The van der Waals surface area contributed by atoms with Crippen LogP contribution in [0.1, 0.15) is 77.0 Å². The summed E-state index contributed by atoms with van der Waals surface area (Å²) in [6.07, 6.45) is 9.00. The van der Waals surface area contributed by atoms with E-state index >= 15 is 0 Å². The maximum atomic E-state index is 5.89. The Morgan fingerprint density at radius 2 is 1.41 bits per heavy atom. The number of hydrogen-bond acceptors (Lipinski definition) is 5. The summed E-state index contributed by atoms with van der Waals surface area (Å²) in [5, 5.41) is 8.47. The lowest BCUT2D eigenvalue weighted by Crippen LogP contribution is -2.07. The maximum Gasteiger partial charge on any atom is 0.276 e. The van der Waals surface area contributed by atoms with E-state index in [0.29, 0.717) is 31.5 Å². The van der Waals surface area contributed by atoms with Crippen molar-refractivity contribution < 1.29 is 14.2 Å². The van der Waals surface area contributed by atoms with Crippen molar-refractivity contribution >= 4 is 0 Å². The van der Waals surface area contributed by atoms with E-state index in [1.165, 1.54) is 24.8 Å². The van der Waals surface area contributed by atoms with Gasteiger partial charge in [-0.05, 0) is 43.4 Å². The van der Waals surface area contributed by atoms with E-state index in [-0.39, 0.29) is 0 Å². The summed E-state index contributed by atoms with van der Waals surface area (Å²) in [4.78, 5) is 0. The van der Waals surface area contributed by atoms with E-state index < -0.39 is 0 Å². The third-order valence-electron chi connectivity index (χ3n) is 4.65. The number of hydrogen-bond donors (Lipinski definition) is 0. The van der Waals surface area contributed by atoms with E-state index in [0.717, 1.165) is 43.5 Å². The van der Waals surface area contributed by atoms with Gasteiger partial charge in [-0.15, -0.1) is 10.2 Å². The van der Waals surface area contributed by atoms with E-state index in [2.05, 4.69) is 43.1 Å². The van der Waals surface area contributed by atoms with E-state index in [4.69, 9.17) is 14.2 Å². The van der Waals surface area contributed by atoms with Crippen molar-refractivity contribution in [2.45, 2.75) is 78.7 Å². The zero-order chi connectivity index (χ0) is 20.7. The molecule has 0 amide bonds. The standard InChI is InChI=1S/C24H36N2O3/c1-4-7-10-11-20-12-14-22(15-13-20)29-19-21-18-23(27-16-8-5-2)24(26-25-21)28-17-9-6-3/h12-15,18H,4-11,16-17,19H2,1-3H3. The van der Waals surface area contributed by atoms with Crippen molar-refractivity contribution in [3.8, 4) is 17.4 Å². The fourth-order valence-corrected chi connectivity index (χ4v) is 2.80. The van der Waals surface area contributed by atoms with Crippen molar-refractivity contribution in [1.82, 2.24) is 10.2 Å². The highest BCUT2D eigenvalue weighted by Crippen LogP contribution is 2.25. The first kappa shape index (κ1) is 23.0. The highest BCUT2D eigenvalue weighted by atomic mass is 16.5.